The van der Waals surface area contributed by atoms with E-state index in [-0.39, 0.29) is 120 Å². The Morgan fingerprint density at radius 2 is 0.794 bits per heavy atom. The number of aliphatic hydroxyl groups is 2. The first-order valence-corrected chi connectivity index (χ1v) is 43.5. The number of benzene rings is 2. The van der Waals surface area contributed by atoms with Gasteiger partial charge in [0.2, 0.25) is 94.5 Å². The van der Waals surface area contributed by atoms with Crippen LogP contribution in [0.15, 0.2) is 42.5 Å². The number of nitro benzene ring substituents is 2. The third-order valence-corrected chi connectivity index (χ3v) is 20.7. The van der Waals surface area contributed by atoms with Gasteiger partial charge in [-0.3, -0.25) is 117 Å². The number of carbonyl (C=O) groups excluding carboxylic acids is 17. The molecule has 2 aromatic carbocycles. The van der Waals surface area contributed by atoms with Crippen LogP contribution in [0, 0.1) is 42.9 Å². The van der Waals surface area contributed by atoms with E-state index in [1.165, 1.54) is 38.1 Å². The van der Waals surface area contributed by atoms with Gasteiger partial charge in [-0.2, -0.15) is 0 Å². The molecule has 55 nitrogen and oxygen atoms in total. The minimum Gasteiger partial charge on any atom is -0.481 e. The number of hydrogen-bond acceptors (Lipinski definition) is 30. The number of aliphatic hydroxyl groups excluding tert-OH is 2. The highest BCUT2D eigenvalue weighted by molar-refractivity contribution is 6.04. The summed E-state index contributed by atoms with van der Waals surface area (Å²) in [6, 6.07) is -15.9. The van der Waals surface area contributed by atoms with Crippen molar-refractivity contribution in [3.05, 3.63) is 68.3 Å². The zero-order valence-electron chi connectivity index (χ0n) is 76.6. The first kappa shape index (κ1) is 117. The van der Waals surface area contributed by atoms with E-state index in [9.17, 15) is 132 Å². The highest BCUT2D eigenvalue weighted by Gasteiger charge is 2.41. The summed E-state index contributed by atoms with van der Waals surface area (Å²) in [5, 5.41) is 120. The van der Waals surface area contributed by atoms with Crippen molar-refractivity contribution in [1.82, 2.24) is 85.1 Å². The van der Waals surface area contributed by atoms with E-state index in [0.29, 0.717) is 6.42 Å². The number of nitrogens with zero attached hydrogens (tertiary/aromatic N) is 2. The molecule has 37 N–H and O–H groups in total. The number of anilines is 2. The lowest BCUT2D eigenvalue weighted by atomic mass is 9.96. The van der Waals surface area contributed by atoms with E-state index in [1.54, 1.807) is 20.8 Å². The third kappa shape index (κ3) is 43.3. The van der Waals surface area contributed by atoms with Crippen LogP contribution in [0.1, 0.15) is 181 Å². The SMILES string of the molecule is CC[C@H](C)[C@H](NC(=O)[C@@H](CCCNC(=N)N)NC(=O)[C@@H](NC(=O)c1ccccc1N)[C@@H](C)O)C(=O)N[C@@H](CC(=O)O)C(=O)N[C@@H](CCC(N)=O)C(=O)N[C@@H](C)C(=O)N[C@@H](CC(N)=O)C(=O)N[C@@H](CCC(N)=O)C(=O)N[C@@H](CCCNC(=N)N)C(=O)N[C@@H](C)C(=O)N[C@H](C(=O)N[C@@H](CCCCN)C(=O)N[C@@H](CC(C)C)C(=O)N[C@@H](CCCCNc1ccc([N+](=O)[O-])cc1[N+](=O)[O-])C(=O)O)[C@@H](C)O. The van der Waals surface area contributed by atoms with Gasteiger partial charge in [-0.15, -0.1) is 0 Å². The smallest absolute Gasteiger partial charge is 0.326 e. The monoisotopic (exact) mass is 1930 g/mol. The number of nitro groups is 2. The average molecular weight is 1930 g/mol. The van der Waals surface area contributed by atoms with Gasteiger partial charge in [0.15, 0.2) is 11.9 Å². The summed E-state index contributed by atoms with van der Waals surface area (Å²) in [4.78, 5) is 281. The van der Waals surface area contributed by atoms with Gasteiger partial charge in [0.05, 0.1) is 46.5 Å². The molecule has 756 valence electrons. The summed E-state index contributed by atoms with van der Waals surface area (Å²) >= 11 is 0. The number of non-ortho nitro benzene ring substituents is 1. The molecule has 136 heavy (non-hydrogen) atoms. The molecule has 17 atom stereocenters. The number of aliphatic carboxylic acids is 2. The van der Waals surface area contributed by atoms with Crippen molar-refractivity contribution < 1.29 is 121 Å². The number of para-hydroxylation sites is 1. The summed E-state index contributed by atoms with van der Waals surface area (Å²) in [5.74, 6) is -25.1. The van der Waals surface area contributed by atoms with Crippen molar-refractivity contribution in [2.24, 2.45) is 46.2 Å². The summed E-state index contributed by atoms with van der Waals surface area (Å²) in [6.07, 6.45) is -8.58. The number of guanidine groups is 2. The van der Waals surface area contributed by atoms with E-state index < -0.39 is 287 Å². The highest BCUT2D eigenvalue weighted by atomic mass is 16.6. The maximum Gasteiger partial charge on any atom is 0.326 e. The van der Waals surface area contributed by atoms with Crippen LogP contribution in [-0.2, 0) is 86.3 Å². The zero-order chi connectivity index (χ0) is 103. The van der Waals surface area contributed by atoms with Gasteiger partial charge < -0.3 is 151 Å². The van der Waals surface area contributed by atoms with Crippen LogP contribution in [-0.4, -0.2) is 278 Å². The Hall–Kier alpha value is -14.8. The van der Waals surface area contributed by atoms with Crippen molar-refractivity contribution in [2.45, 2.75) is 268 Å². The molecule has 55 heteroatoms. The number of nitrogens with one attached hydrogen (secondary N) is 19. The molecule has 0 bridgehead atoms. The highest BCUT2D eigenvalue weighted by Crippen LogP contribution is 2.29. The number of primary amides is 3. The lowest BCUT2D eigenvalue weighted by Crippen LogP contribution is -2.62. The second-order valence-corrected chi connectivity index (χ2v) is 32.5. The first-order chi connectivity index (χ1) is 63.7. The quantitative estimate of drug-likeness (QED) is 0.00730. The van der Waals surface area contributed by atoms with Gasteiger partial charge in [0.25, 0.3) is 17.3 Å². The van der Waals surface area contributed by atoms with Crippen LogP contribution < -0.4 is 131 Å². The van der Waals surface area contributed by atoms with Gasteiger partial charge in [-0.05, 0) is 148 Å². The Labute approximate surface area is 780 Å². The Morgan fingerprint density at radius 3 is 1.23 bits per heavy atom. The number of rotatable bonds is 65. The van der Waals surface area contributed by atoms with Crippen LogP contribution in [0.3, 0.4) is 0 Å². The fourth-order valence-corrected chi connectivity index (χ4v) is 13.0. The molecule has 0 fully saturated rings. The second-order valence-electron chi connectivity index (χ2n) is 32.5. The van der Waals surface area contributed by atoms with Gasteiger partial charge in [-0.1, -0.05) is 46.2 Å². The van der Waals surface area contributed by atoms with E-state index in [0.717, 1.165) is 39.0 Å². The largest absolute Gasteiger partial charge is 0.481 e. The molecule has 17 amide bonds. The summed E-state index contributed by atoms with van der Waals surface area (Å²) in [5.41, 5.74) is 37.7. The van der Waals surface area contributed by atoms with Gasteiger partial charge >= 0.3 is 11.9 Å². The van der Waals surface area contributed by atoms with E-state index in [4.69, 9.17) is 51.0 Å². The zero-order valence-corrected chi connectivity index (χ0v) is 76.6. The molecule has 0 radical (unpaired) electrons. The average Bonchev–Trinajstić information content (AvgIpc) is 0.836. The molecular formula is C81H130N28O27. The minimum absolute atomic E-state index is 0.0118. The van der Waals surface area contributed by atoms with Crippen LogP contribution in [0.25, 0.3) is 0 Å². The fourth-order valence-electron chi connectivity index (χ4n) is 13.0. The lowest BCUT2D eigenvalue weighted by molar-refractivity contribution is -0.393. The number of hydrogen-bond donors (Lipinski definition) is 30. The molecule has 0 aliphatic carbocycles. The Balaban J connectivity index is 2.44. The molecule has 0 aromatic heterocycles. The Bertz CT molecular complexity index is 4560. The molecule has 0 saturated heterocycles. The summed E-state index contributed by atoms with van der Waals surface area (Å²) < 4.78 is 0. The summed E-state index contributed by atoms with van der Waals surface area (Å²) in [6.45, 7) is 10.8. The van der Waals surface area contributed by atoms with Gasteiger partial charge in [0.1, 0.15) is 90.3 Å². The maximum atomic E-state index is 14.4. The first-order valence-electron chi connectivity index (χ1n) is 43.5. The number of carboxylic acid groups (broad SMARTS) is 2. The van der Waals surface area contributed by atoms with Crippen LogP contribution in [0.2, 0.25) is 0 Å². The molecule has 0 unspecified atom stereocenters. The van der Waals surface area contributed by atoms with Crippen molar-refractivity contribution in [3.8, 4) is 0 Å². The lowest BCUT2D eigenvalue weighted by Gasteiger charge is -2.29. The summed E-state index contributed by atoms with van der Waals surface area (Å²) in [7, 11) is 0. The maximum absolute atomic E-state index is 14.4. The number of carbonyl (C=O) groups is 19. The molecule has 2 aromatic rings. The standard InChI is InChI=1S/C81H130N28O27/c1-9-39(4)62(105-72(124)50(23-17-33-93-81(89)90)100-78(130)64(43(8)111)107-67(119)45-18-10-11-19-46(45)83)76(128)104-56(37-61(115)116)75(127)97-51(26-28-58(84)112)69(121)94-40(5)65(117)102-55(36-60(86)114)74(126)98-52(27-29-59(85)113)71(123)96-49(22-16-32-92-80(87)88)68(120)95-41(6)66(118)106-63(42(7)110)77(129)99-48(20-12-14-30-82)70(122)103-54(34-38(2)3)73(125)101-53(79(131)132)21-13-15-31-91-47-25-24-44(108(133)134)35-57(47)109(135)136/h10-11,18-19,24-25,35,38-43,48-56,62-64,91,110-111H,9,12-17,20-23,26-34,36-37,82-83H2,1-8H3,(H2,84,112)(H2,85,113)(H2,86,114)(H,94,121)(H,95,120)(H,96,123)(H,97,127)(H,98,126)(H,99,129)(H,100,130)(H,101,125)(H,102,117)(H,103,122)(H,104,128)(H,105,124)(H,106,118)(H,107,119)(H,115,116)(H,131,132)(H4,87,88,92)(H4,89,90,93)/t39-,40-,41-,42+,43+,48-,49-,50+,51-,52-,53-,54-,55-,56-,62-,63-,64-/m0/s1. The topological polar surface area (TPSA) is 926 Å². The predicted octanol–water partition coefficient (Wildman–Crippen LogP) is -7.72. The number of nitrogen functional groups attached to an aromatic ring is 1. The van der Waals surface area contributed by atoms with Gasteiger partial charge in [0, 0.05) is 44.2 Å². The Morgan fingerprint density at radius 1 is 0.412 bits per heavy atom. The number of amides is 17. The molecule has 0 aliphatic heterocycles. The molecular weight excluding hydrogens is 1800 g/mol. The van der Waals surface area contributed by atoms with E-state index in [1.807, 2.05) is 0 Å². The number of nitrogens with two attached hydrogens (primary N) is 7. The normalized spacial score (nSPS) is 14.7. The number of carboxylic acids is 2. The number of unbranched alkanes of at least 4 members (excludes halogenated alkanes) is 2. The van der Waals surface area contributed by atoms with Crippen molar-refractivity contribution in [2.75, 3.05) is 37.2 Å². The van der Waals surface area contributed by atoms with Gasteiger partial charge in [-0.25, -0.2) is 4.79 Å². The Kier molecular flexibility index (Phi) is 51.4. The molecule has 0 aliphatic rings. The fraction of sp³-hybridized carbons (Fsp3) is 0.593. The van der Waals surface area contributed by atoms with Crippen LogP contribution in [0.5, 0.6) is 0 Å². The van der Waals surface area contributed by atoms with Crippen LogP contribution in [0.4, 0.5) is 22.7 Å². The molecule has 0 saturated carbocycles. The van der Waals surface area contributed by atoms with Crippen molar-refractivity contribution in [1.29, 1.82) is 10.8 Å². The van der Waals surface area contributed by atoms with E-state index in [2.05, 4.69) is 90.4 Å². The third-order valence-electron chi connectivity index (χ3n) is 20.7. The van der Waals surface area contributed by atoms with Crippen LogP contribution >= 0.6 is 0 Å². The predicted molar refractivity (Wildman–Crippen MR) is 485 cm³/mol. The minimum atomic E-state index is -2.12. The van der Waals surface area contributed by atoms with E-state index >= 15 is 0 Å². The molecule has 0 heterocycles. The molecule has 0 spiro atoms. The second kappa shape index (κ2) is 59.6. The van der Waals surface area contributed by atoms with Crippen molar-refractivity contribution in [3.63, 3.8) is 0 Å². The molecule has 2 rings (SSSR count). The van der Waals surface area contributed by atoms with Crippen molar-refractivity contribution >= 4 is 147 Å².